The van der Waals surface area contributed by atoms with E-state index in [1.54, 1.807) is 67.6 Å². The van der Waals surface area contributed by atoms with Crippen molar-refractivity contribution in [3.63, 3.8) is 0 Å². The van der Waals surface area contributed by atoms with E-state index < -0.39 is 18.0 Å². The largest absolute Gasteiger partial charge is 0.479 e. The third-order valence-corrected chi connectivity index (χ3v) is 8.41. The Morgan fingerprint density at radius 3 is 2.24 bits per heavy atom. The maximum Gasteiger partial charge on any atom is 0.349 e. The molecule has 1 aliphatic heterocycles. The number of nitrogens with zero attached hydrogens (tertiary/aromatic N) is 3. The van der Waals surface area contributed by atoms with E-state index in [0.717, 1.165) is 12.8 Å². The normalized spacial score (nSPS) is 14.9. The number of anilines is 1. The molecule has 0 bridgehead atoms. The molecule has 1 aliphatic carbocycles. The molecule has 50 heavy (non-hydrogen) atoms. The van der Waals surface area contributed by atoms with Crippen molar-refractivity contribution in [2.45, 2.75) is 45.6 Å². The molecule has 0 fully saturated rings. The van der Waals surface area contributed by atoms with Gasteiger partial charge in [0.1, 0.15) is 16.5 Å². The van der Waals surface area contributed by atoms with Crippen LogP contribution in [0.3, 0.4) is 0 Å². The third-order valence-electron chi connectivity index (χ3n) is 7.57. The zero-order valence-electron chi connectivity index (χ0n) is 26.8. The van der Waals surface area contributed by atoms with Gasteiger partial charge in [0.25, 0.3) is 11.8 Å². The number of amides is 2. The molecule has 11 nitrogen and oxygen atoms in total. The van der Waals surface area contributed by atoms with Crippen molar-refractivity contribution in [3.05, 3.63) is 98.6 Å². The Balaban J connectivity index is 0.000000195. The summed E-state index contributed by atoms with van der Waals surface area (Å²) in [7, 11) is 0. The second-order valence-corrected chi connectivity index (χ2v) is 12.3. The predicted molar refractivity (Wildman–Crippen MR) is 189 cm³/mol. The zero-order valence-corrected chi connectivity index (χ0v) is 29.1. The first kappa shape index (κ1) is 36.3. The number of hydrogen-bond donors (Lipinski definition) is 1. The number of halogens is 3. The van der Waals surface area contributed by atoms with Gasteiger partial charge in [-0.3, -0.25) is 9.59 Å². The van der Waals surface area contributed by atoms with Gasteiger partial charge in [0.2, 0.25) is 5.88 Å². The molecule has 6 rings (SSSR count). The van der Waals surface area contributed by atoms with E-state index in [-0.39, 0.29) is 23.5 Å². The Bertz CT molecular complexity index is 2000. The first-order chi connectivity index (χ1) is 23.9. The van der Waals surface area contributed by atoms with Crippen LogP contribution in [0, 0.1) is 0 Å². The summed E-state index contributed by atoms with van der Waals surface area (Å²) in [5, 5.41) is 9.62. The number of carboxylic acid groups (broad SMARTS) is 1. The van der Waals surface area contributed by atoms with Crippen LogP contribution in [0.2, 0.25) is 10.0 Å². The fraction of sp³-hybridized carbons (Fsp3) is 0.222. The van der Waals surface area contributed by atoms with Crippen LogP contribution in [0.15, 0.2) is 83.0 Å². The highest BCUT2D eigenvalue weighted by molar-refractivity contribution is 6.43. The van der Waals surface area contributed by atoms with Gasteiger partial charge < -0.3 is 19.3 Å². The summed E-state index contributed by atoms with van der Waals surface area (Å²) in [5.74, 6) is -0.929. The monoisotopic (exact) mass is 737 g/mol. The van der Waals surface area contributed by atoms with Gasteiger partial charge in [-0.05, 0) is 112 Å². The van der Waals surface area contributed by atoms with Crippen LogP contribution in [0.5, 0.6) is 17.4 Å². The Labute approximate surface area is 302 Å². The highest BCUT2D eigenvalue weighted by atomic mass is 35.5. The van der Waals surface area contributed by atoms with Gasteiger partial charge in [0.05, 0.1) is 29.5 Å². The van der Waals surface area contributed by atoms with Crippen molar-refractivity contribution >= 4 is 81.4 Å². The smallest absolute Gasteiger partial charge is 0.349 e. The molecule has 1 N–H and O–H groups in total. The molecule has 2 heterocycles. The number of imide groups is 1. The van der Waals surface area contributed by atoms with Gasteiger partial charge in [0, 0.05) is 21.2 Å². The van der Waals surface area contributed by atoms with Crippen molar-refractivity contribution in [1.82, 2.24) is 9.97 Å². The highest BCUT2D eigenvalue weighted by Crippen LogP contribution is 2.37. The number of benzene rings is 3. The number of ether oxygens (including phenoxy) is 3. The van der Waals surface area contributed by atoms with Crippen molar-refractivity contribution in [3.8, 4) is 17.4 Å². The van der Waals surface area contributed by atoms with Crippen LogP contribution in [0.4, 0.5) is 5.69 Å². The number of carbonyl (C=O) groups excluding carboxylic acids is 3. The number of carbonyl (C=O) groups is 4. The van der Waals surface area contributed by atoms with Crippen LogP contribution in [0.25, 0.3) is 17.1 Å². The Morgan fingerprint density at radius 2 is 1.60 bits per heavy atom. The number of aliphatic carboxylic acids is 1. The van der Waals surface area contributed by atoms with Gasteiger partial charge in [-0.25, -0.2) is 24.5 Å². The minimum absolute atomic E-state index is 0.137. The van der Waals surface area contributed by atoms with Gasteiger partial charge in [-0.2, -0.15) is 0 Å². The van der Waals surface area contributed by atoms with Gasteiger partial charge in [-0.15, -0.1) is 0 Å². The molecule has 258 valence electrons. The fourth-order valence-corrected chi connectivity index (χ4v) is 5.64. The number of rotatable bonds is 9. The molecule has 0 spiro atoms. The quantitative estimate of drug-likeness (QED) is 0.101. The van der Waals surface area contributed by atoms with Crippen molar-refractivity contribution < 1.29 is 38.5 Å². The number of hydrogen-bond acceptors (Lipinski definition) is 9. The van der Waals surface area contributed by atoms with Crippen molar-refractivity contribution in [2.24, 2.45) is 0 Å². The molecule has 14 heteroatoms. The average molecular weight is 739 g/mol. The predicted octanol–water partition coefficient (Wildman–Crippen LogP) is 8.15. The number of esters is 1. The zero-order chi connectivity index (χ0) is 35.9. The van der Waals surface area contributed by atoms with Crippen LogP contribution in [-0.4, -0.2) is 51.5 Å². The maximum absolute atomic E-state index is 12.7. The molecular weight excluding hydrogens is 709 g/mol. The summed E-state index contributed by atoms with van der Waals surface area (Å²) in [6.45, 7) is 3.34. The molecule has 1 aromatic heterocycles. The first-order valence-electron chi connectivity index (χ1n) is 15.5. The number of carboxylic acids is 1. The van der Waals surface area contributed by atoms with E-state index in [9.17, 15) is 19.2 Å². The van der Waals surface area contributed by atoms with E-state index in [1.807, 2.05) is 0 Å². The summed E-state index contributed by atoms with van der Waals surface area (Å²) in [4.78, 5) is 57.5. The van der Waals surface area contributed by atoms with Crippen LogP contribution < -0.4 is 14.4 Å². The van der Waals surface area contributed by atoms with E-state index >= 15 is 0 Å². The van der Waals surface area contributed by atoms with E-state index in [1.165, 1.54) is 24.1 Å². The van der Waals surface area contributed by atoms with E-state index in [2.05, 4.69) is 9.97 Å². The third kappa shape index (κ3) is 8.60. The minimum atomic E-state index is -1.03. The van der Waals surface area contributed by atoms with Crippen LogP contribution in [0.1, 0.15) is 45.1 Å². The summed E-state index contributed by atoms with van der Waals surface area (Å²) in [6, 6.07) is 16.5. The second kappa shape index (κ2) is 16.2. The topological polar surface area (TPSA) is 145 Å². The lowest BCUT2D eigenvalue weighted by Gasteiger charge is -2.16. The lowest BCUT2D eigenvalue weighted by Crippen LogP contribution is -2.31. The standard InChI is InChI=1S/C19H17Cl2NO4.C17H13ClN2O4/c1-2-26-19(25)16(21)10-11-9-12(7-8-15(11)20)22-17(23)13-5-3-4-6-14(13)18(22)24;1-10(17(21)22)23-12-3-5-13(6-4-12)24-16-9-19-15-8-11(18)2-7-14(15)20-16/h7-10H,2-6H2,1H3;2-10H,1H3,(H,21,22)/b16-10-;. The van der Waals surface area contributed by atoms with Crippen molar-refractivity contribution in [2.75, 3.05) is 11.5 Å². The minimum Gasteiger partial charge on any atom is -0.479 e. The molecular formula is C36H30Cl3N3O8. The average Bonchev–Trinajstić information content (AvgIpc) is 3.36. The lowest BCUT2D eigenvalue weighted by atomic mass is 9.93. The molecule has 1 atom stereocenters. The second-order valence-electron chi connectivity index (χ2n) is 11.0. The van der Waals surface area contributed by atoms with E-state index in [0.29, 0.717) is 73.7 Å². The van der Waals surface area contributed by atoms with Gasteiger partial charge in [0.15, 0.2) is 6.10 Å². The molecule has 2 amide bonds. The Hall–Kier alpha value is -4.97. The summed E-state index contributed by atoms with van der Waals surface area (Å²) >= 11 is 18.0. The number of aromatic nitrogens is 2. The first-order valence-corrected chi connectivity index (χ1v) is 16.6. The molecule has 0 saturated heterocycles. The SMILES string of the molecule is CC(Oc1ccc(Oc2cnc3cc(Cl)ccc3n2)cc1)C(=O)O.CCOC(=O)/C(Cl)=C/c1cc(N2C(=O)C3=C(CCCC3)C2=O)ccc1Cl. The van der Waals surface area contributed by atoms with E-state index in [4.69, 9.17) is 54.1 Å². The molecule has 0 radical (unpaired) electrons. The summed E-state index contributed by atoms with van der Waals surface area (Å²) in [5.41, 5.74) is 3.40. The lowest BCUT2D eigenvalue weighted by molar-refractivity contribution is -0.144. The fourth-order valence-electron chi connectivity index (χ4n) is 5.13. The number of fused-ring (bicyclic) bond motifs is 1. The summed E-state index contributed by atoms with van der Waals surface area (Å²) < 4.78 is 15.7. The van der Waals surface area contributed by atoms with Crippen molar-refractivity contribution in [1.29, 1.82) is 0 Å². The van der Waals surface area contributed by atoms with Crippen LogP contribution >= 0.6 is 34.8 Å². The molecule has 0 saturated carbocycles. The highest BCUT2D eigenvalue weighted by Gasteiger charge is 2.39. The Morgan fingerprint density at radius 1 is 0.940 bits per heavy atom. The molecule has 2 aliphatic rings. The Kier molecular flexibility index (Phi) is 11.7. The summed E-state index contributed by atoms with van der Waals surface area (Å²) in [6.07, 6.45) is 5.04. The van der Waals surface area contributed by atoms with Crippen LogP contribution in [-0.2, 0) is 23.9 Å². The molecule has 1 unspecified atom stereocenters. The molecule has 3 aromatic carbocycles. The van der Waals surface area contributed by atoms with Gasteiger partial charge in [-0.1, -0.05) is 34.8 Å². The molecule has 4 aromatic rings. The maximum atomic E-state index is 12.7. The van der Waals surface area contributed by atoms with Gasteiger partial charge >= 0.3 is 11.9 Å².